The molecule has 1 aromatic heterocycles. The number of rotatable bonds is 6. The predicted octanol–water partition coefficient (Wildman–Crippen LogP) is 4.92. The maximum absolute atomic E-state index is 6.53. The standard InChI is InChI=1S/C22H27ClN4S/c1-3-16-14-17(19(23)15-20(16)24-2)8-9-26-10-12-27(13-11-26)22-18-6-4-5-7-21(18)28-25-22/h4-7,14-15,24H,3,8-13H2,1-2H3. The van der Waals surface area contributed by atoms with Crippen LogP contribution in [0, 0.1) is 0 Å². The fourth-order valence-electron chi connectivity index (χ4n) is 3.95. The zero-order chi connectivity index (χ0) is 19.5. The molecule has 1 N–H and O–H groups in total. The second-order valence-corrected chi connectivity index (χ2v) is 8.50. The second-order valence-electron chi connectivity index (χ2n) is 7.29. The molecule has 2 heterocycles. The smallest absolute Gasteiger partial charge is 0.150 e. The molecule has 1 aliphatic heterocycles. The van der Waals surface area contributed by atoms with Crippen LogP contribution in [-0.4, -0.2) is 49.0 Å². The number of anilines is 2. The Balaban J connectivity index is 1.36. The summed E-state index contributed by atoms with van der Waals surface area (Å²) in [4.78, 5) is 4.97. The van der Waals surface area contributed by atoms with Gasteiger partial charge in [0.2, 0.25) is 0 Å². The van der Waals surface area contributed by atoms with Crippen LogP contribution in [0.1, 0.15) is 18.1 Å². The van der Waals surface area contributed by atoms with Crippen LogP contribution < -0.4 is 10.2 Å². The van der Waals surface area contributed by atoms with Crippen LogP contribution in [0.25, 0.3) is 10.1 Å². The Morgan fingerprint density at radius 1 is 1.11 bits per heavy atom. The average Bonchev–Trinajstić information content (AvgIpc) is 3.17. The number of halogens is 1. The Kier molecular flexibility index (Phi) is 6.04. The largest absolute Gasteiger partial charge is 0.388 e. The Hall–Kier alpha value is -1.82. The van der Waals surface area contributed by atoms with Gasteiger partial charge < -0.3 is 10.2 Å². The van der Waals surface area contributed by atoms with Gasteiger partial charge in [-0.05, 0) is 53.7 Å². The first-order valence-electron chi connectivity index (χ1n) is 10.0. The first-order valence-corrected chi connectivity index (χ1v) is 11.2. The molecule has 0 radical (unpaired) electrons. The molecule has 1 fully saturated rings. The molecular formula is C22H27ClN4S. The van der Waals surface area contributed by atoms with E-state index in [0.717, 1.165) is 62.1 Å². The highest BCUT2D eigenvalue weighted by Gasteiger charge is 2.20. The van der Waals surface area contributed by atoms with E-state index in [0.29, 0.717) is 0 Å². The zero-order valence-electron chi connectivity index (χ0n) is 16.5. The van der Waals surface area contributed by atoms with Crippen molar-refractivity contribution in [1.82, 2.24) is 9.27 Å². The van der Waals surface area contributed by atoms with Gasteiger partial charge in [-0.2, -0.15) is 4.37 Å². The van der Waals surface area contributed by atoms with Crippen LogP contribution in [0.3, 0.4) is 0 Å². The molecule has 4 rings (SSSR count). The monoisotopic (exact) mass is 414 g/mol. The van der Waals surface area contributed by atoms with Gasteiger partial charge in [-0.25, -0.2) is 0 Å². The van der Waals surface area contributed by atoms with Crippen molar-refractivity contribution in [2.75, 3.05) is 50.0 Å². The minimum absolute atomic E-state index is 0.870. The molecule has 0 aliphatic carbocycles. The molecule has 0 saturated carbocycles. The van der Waals surface area contributed by atoms with Crippen molar-refractivity contribution in [3.8, 4) is 0 Å². The van der Waals surface area contributed by atoms with Crippen LogP contribution in [0.4, 0.5) is 11.5 Å². The summed E-state index contributed by atoms with van der Waals surface area (Å²) < 4.78 is 5.98. The number of fused-ring (bicyclic) bond motifs is 1. The lowest BCUT2D eigenvalue weighted by molar-refractivity contribution is 0.261. The average molecular weight is 415 g/mol. The zero-order valence-corrected chi connectivity index (χ0v) is 18.1. The fraction of sp³-hybridized carbons (Fsp3) is 0.409. The maximum Gasteiger partial charge on any atom is 0.150 e. The Morgan fingerprint density at radius 3 is 2.64 bits per heavy atom. The normalized spacial score (nSPS) is 15.3. The van der Waals surface area contributed by atoms with Gasteiger partial charge in [0.15, 0.2) is 0 Å². The maximum atomic E-state index is 6.53. The minimum atomic E-state index is 0.870. The lowest BCUT2D eigenvalue weighted by Gasteiger charge is -2.35. The quantitative estimate of drug-likeness (QED) is 0.620. The first kappa shape index (κ1) is 19.5. The van der Waals surface area contributed by atoms with Crippen LogP contribution in [0.15, 0.2) is 36.4 Å². The van der Waals surface area contributed by atoms with Gasteiger partial charge in [-0.3, -0.25) is 4.90 Å². The number of hydrogen-bond acceptors (Lipinski definition) is 5. The topological polar surface area (TPSA) is 31.4 Å². The van der Waals surface area contributed by atoms with Gasteiger partial charge in [-0.15, -0.1) is 0 Å². The van der Waals surface area contributed by atoms with Crippen molar-refractivity contribution in [1.29, 1.82) is 0 Å². The molecule has 148 valence electrons. The number of aromatic nitrogens is 1. The number of piperazine rings is 1. The first-order chi connectivity index (χ1) is 13.7. The van der Waals surface area contributed by atoms with Crippen molar-refractivity contribution in [3.63, 3.8) is 0 Å². The van der Waals surface area contributed by atoms with Gasteiger partial charge in [0.05, 0.1) is 4.70 Å². The predicted molar refractivity (Wildman–Crippen MR) is 122 cm³/mol. The van der Waals surface area contributed by atoms with Crippen LogP contribution in [-0.2, 0) is 12.8 Å². The van der Waals surface area contributed by atoms with Gasteiger partial charge in [-0.1, -0.05) is 36.7 Å². The molecule has 0 atom stereocenters. The number of nitrogens with one attached hydrogen (secondary N) is 1. The summed E-state index contributed by atoms with van der Waals surface area (Å²) in [7, 11) is 1.95. The molecule has 3 aromatic rings. The molecule has 6 heteroatoms. The van der Waals surface area contributed by atoms with Crippen LogP contribution in [0.2, 0.25) is 5.02 Å². The second kappa shape index (κ2) is 8.68. The third-order valence-corrected chi connectivity index (χ3v) is 6.82. The molecule has 4 nitrogen and oxygen atoms in total. The van der Waals surface area contributed by atoms with E-state index in [9.17, 15) is 0 Å². The van der Waals surface area contributed by atoms with Gasteiger partial charge in [0.1, 0.15) is 5.82 Å². The van der Waals surface area contributed by atoms with Crippen molar-refractivity contribution < 1.29 is 0 Å². The van der Waals surface area contributed by atoms with Crippen molar-refractivity contribution in [2.45, 2.75) is 19.8 Å². The molecule has 1 aliphatic rings. The summed E-state index contributed by atoms with van der Waals surface area (Å²) >= 11 is 8.13. The molecule has 2 aromatic carbocycles. The molecule has 0 unspecified atom stereocenters. The molecule has 0 spiro atoms. The van der Waals surface area contributed by atoms with E-state index < -0.39 is 0 Å². The summed E-state index contributed by atoms with van der Waals surface area (Å²) in [6.07, 6.45) is 2.01. The molecule has 0 bridgehead atoms. The van der Waals surface area contributed by atoms with E-state index in [1.165, 1.54) is 21.2 Å². The van der Waals surface area contributed by atoms with Crippen LogP contribution in [0.5, 0.6) is 0 Å². The third-order valence-electron chi connectivity index (χ3n) is 5.65. The summed E-state index contributed by atoms with van der Waals surface area (Å²) in [5, 5.41) is 5.40. The molecule has 28 heavy (non-hydrogen) atoms. The molecular weight excluding hydrogens is 388 g/mol. The van der Waals surface area contributed by atoms with E-state index >= 15 is 0 Å². The van der Waals surface area contributed by atoms with E-state index in [2.05, 4.69) is 58.4 Å². The number of benzene rings is 2. The molecule has 1 saturated heterocycles. The Labute approximate surface area is 176 Å². The highest BCUT2D eigenvalue weighted by Crippen LogP contribution is 2.30. The Morgan fingerprint density at radius 2 is 1.89 bits per heavy atom. The van der Waals surface area contributed by atoms with E-state index in [1.54, 1.807) is 11.5 Å². The van der Waals surface area contributed by atoms with E-state index in [-0.39, 0.29) is 0 Å². The van der Waals surface area contributed by atoms with Gasteiger partial charge >= 0.3 is 0 Å². The summed E-state index contributed by atoms with van der Waals surface area (Å²) in [5.41, 5.74) is 3.73. The van der Waals surface area contributed by atoms with Gasteiger partial charge in [0.25, 0.3) is 0 Å². The van der Waals surface area contributed by atoms with Crippen molar-refractivity contribution in [3.05, 3.63) is 52.5 Å². The Bertz CT molecular complexity index is 947. The number of nitrogens with zero attached hydrogens (tertiary/aromatic N) is 3. The third kappa shape index (κ3) is 3.97. The number of hydrogen-bond donors (Lipinski definition) is 1. The van der Waals surface area contributed by atoms with E-state index in [1.807, 2.05) is 7.05 Å². The molecule has 0 amide bonds. The lowest BCUT2D eigenvalue weighted by atomic mass is 10.0. The SMILES string of the molecule is CCc1cc(CCN2CCN(c3nsc4ccccc34)CC2)c(Cl)cc1NC. The van der Waals surface area contributed by atoms with Crippen LogP contribution >= 0.6 is 23.1 Å². The van der Waals surface area contributed by atoms with Crippen molar-refractivity contribution >= 4 is 44.7 Å². The summed E-state index contributed by atoms with van der Waals surface area (Å²) in [6.45, 7) is 7.43. The highest BCUT2D eigenvalue weighted by molar-refractivity contribution is 7.13. The van der Waals surface area contributed by atoms with Crippen molar-refractivity contribution in [2.24, 2.45) is 0 Å². The van der Waals surface area contributed by atoms with E-state index in [4.69, 9.17) is 16.0 Å². The minimum Gasteiger partial charge on any atom is -0.388 e. The summed E-state index contributed by atoms with van der Waals surface area (Å²) in [5.74, 6) is 1.15. The lowest BCUT2D eigenvalue weighted by Crippen LogP contribution is -2.47. The highest BCUT2D eigenvalue weighted by atomic mass is 35.5. The fourth-order valence-corrected chi connectivity index (χ4v) is 5.00. The van der Waals surface area contributed by atoms with Gasteiger partial charge in [0, 0.05) is 55.9 Å². The number of aryl methyl sites for hydroxylation is 1. The summed E-state index contributed by atoms with van der Waals surface area (Å²) in [6, 6.07) is 12.9.